The van der Waals surface area contributed by atoms with E-state index in [-0.39, 0.29) is 24.4 Å². The lowest BCUT2D eigenvalue weighted by Gasteiger charge is -2.33. The molecule has 0 unspecified atom stereocenters. The van der Waals surface area contributed by atoms with E-state index in [0.29, 0.717) is 12.4 Å². The minimum absolute atomic E-state index is 0. The van der Waals surface area contributed by atoms with Gasteiger partial charge in [-0.1, -0.05) is 32.0 Å². The summed E-state index contributed by atoms with van der Waals surface area (Å²) < 4.78 is 5.45. The Morgan fingerprint density at radius 3 is 2.76 bits per heavy atom. The Bertz CT molecular complexity index is 1020. The number of anilines is 2. The third-order valence-corrected chi connectivity index (χ3v) is 5.29. The van der Waals surface area contributed by atoms with Gasteiger partial charge >= 0.3 is 0 Å². The molecule has 1 aliphatic carbocycles. The van der Waals surface area contributed by atoms with Gasteiger partial charge in [-0.3, -0.25) is 0 Å². The normalized spacial score (nSPS) is 13.7. The quantitative estimate of drug-likeness (QED) is 0.637. The maximum Gasteiger partial charge on any atom is 0.227 e. The standard InChI is InChI=1S/C23H25N3O2.ClH/c1-23(2)13-16-14-24-22(25-17-6-4-5-15(11-17)9-10-27)26-21(16)19-12-18(28-3)7-8-20(19)23;/h4-8,11-12,14,27H,9-10,13H2,1-3H3,(H,24,25,26);1H. The molecule has 1 heterocycles. The molecule has 6 heteroatoms. The molecule has 2 aromatic carbocycles. The number of methoxy groups -OCH3 is 1. The van der Waals surface area contributed by atoms with E-state index in [4.69, 9.17) is 14.8 Å². The summed E-state index contributed by atoms with van der Waals surface area (Å²) in [6, 6.07) is 14.2. The van der Waals surface area contributed by atoms with E-state index in [0.717, 1.165) is 40.2 Å². The summed E-state index contributed by atoms with van der Waals surface area (Å²) in [5.74, 6) is 1.39. The van der Waals surface area contributed by atoms with Crippen LogP contribution in [0.3, 0.4) is 0 Å². The van der Waals surface area contributed by atoms with Crippen molar-refractivity contribution in [3.05, 3.63) is 65.4 Å². The number of rotatable bonds is 5. The molecule has 152 valence electrons. The Kier molecular flexibility index (Phi) is 6.10. The van der Waals surface area contributed by atoms with Gasteiger partial charge < -0.3 is 15.2 Å². The van der Waals surface area contributed by atoms with Gasteiger partial charge in [0.05, 0.1) is 12.8 Å². The summed E-state index contributed by atoms with van der Waals surface area (Å²) in [6.07, 6.45) is 3.45. The predicted molar refractivity (Wildman–Crippen MR) is 119 cm³/mol. The molecule has 0 spiro atoms. The first-order valence-corrected chi connectivity index (χ1v) is 9.52. The monoisotopic (exact) mass is 411 g/mol. The van der Waals surface area contributed by atoms with Crippen molar-refractivity contribution in [2.45, 2.75) is 32.1 Å². The molecule has 0 aliphatic heterocycles. The van der Waals surface area contributed by atoms with Gasteiger partial charge in [-0.05, 0) is 59.2 Å². The summed E-state index contributed by atoms with van der Waals surface area (Å²) in [6.45, 7) is 4.63. The zero-order valence-electron chi connectivity index (χ0n) is 16.9. The number of nitrogens with one attached hydrogen (secondary N) is 1. The number of ether oxygens (including phenoxy) is 1. The summed E-state index contributed by atoms with van der Waals surface area (Å²) in [4.78, 5) is 9.38. The van der Waals surface area contributed by atoms with E-state index < -0.39 is 0 Å². The van der Waals surface area contributed by atoms with Gasteiger partial charge in [-0.15, -0.1) is 12.4 Å². The summed E-state index contributed by atoms with van der Waals surface area (Å²) in [5.41, 5.74) is 6.48. The number of aliphatic hydroxyl groups is 1. The van der Waals surface area contributed by atoms with Gasteiger partial charge in [0.2, 0.25) is 5.95 Å². The smallest absolute Gasteiger partial charge is 0.227 e. The van der Waals surface area contributed by atoms with Gasteiger partial charge in [-0.2, -0.15) is 0 Å². The molecule has 0 fully saturated rings. The lowest BCUT2D eigenvalue weighted by atomic mass is 9.72. The van der Waals surface area contributed by atoms with Crippen molar-refractivity contribution in [2.75, 3.05) is 19.0 Å². The zero-order valence-corrected chi connectivity index (χ0v) is 17.7. The highest BCUT2D eigenvalue weighted by Gasteiger charge is 2.32. The highest BCUT2D eigenvalue weighted by molar-refractivity contribution is 5.85. The molecule has 3 aromatic rings. The maximum atomic E-state index is 9.16. The number of benzene rings is 2. The molecule has 0 bridgehead atoms. The fourth-order valence-electron chi connectivity index (χ4n) is 3.90. The van der Waals surface area contributed by atoms with Crippen LogP contribution in [-0.4, -0.2) is 28.8 Å². The lowest BCUT2D eigenvalue weighted by Crippen LogP contribution is -2.26. The molecule has 1 aliphatic rings. The van der Waals surface area contributed by atoms with Crippen molar-refractivity contribution < 1.29 is 9.84 Å². The Morgan fingerprint density at radius 2 is 2.00 bits per heavy atom. The molecule has 0 saturated heterocycles. The molecule has 1 aromatic heterocycles. The van der Waals surface area contributed by atoms with Crippen molar-refractivity contribution in [3.8, 4) is 17.0 Å². The average molecular weight is 412 g/mol. The van der Waals surface area contributed by atoms with E-state index in [1.165, 1.54) is 5.56 Å². The molecule has 4 rings (SSSR count). The SMILES string of the molecule is COc1ccc2c(c1)-c1nc(Nc3cccc(CCO)c3)ncc1CC2(C)C.Cl. The van der Waals surface area contributed by atoms with E-state index in [1.54, 1.807) is 7.11 Å². The summed E-state index contributed by atoms with van der Waals surface area (Å²) >= 11 is 0. The highest BCUT2D eigenvalue weighted by atomic mass is 35.5. The second-order valence-corrected chi connectivity index (χ2v) is 7.84. The second kappa shape index (κ2) is 8.39. The van der Waals surface area contributed by atoms with Gasteiger partial charge in [0.1, 0.15) is 5.75 Å². The summed E-state index contributed by atoms with van der Waals surface area (Å²) in [5, 5.41) is 12.5. The lowest BCUT2D eigenvalue weighted by molar-refractivity contribution is 0.299. The fraction of sp³-hybridized carbons (Fsp3) is 0.304. The van der Waals surface area contributed by atoms with Crippen molar-refractivity contribution in [3.63, 3.8) is 0 Å². The Morgan fingerprint density at radius 1 is 1.17 bits per heavy atom. The number of fused-ring (bicyclic) bond motifs is 3. The Labute approximate surface area is 177 Å². The van der Waals surface area contributed by atoms with Crippen LogP contribution in [0.1, 0.15) is 30.5 Å². The predicted octanol–water partition coefficient (Wildman–Crippen LogP) is 4.69. The van der Waals surface area contributed by atoms with Crippen LogP contribution in [0.5, 0.6) is 5.75 Å². The molecule has 2 N–H and O–H groups in total. The van der Waals surface area contributed by atoms with Crippen LogP contribution in [0.2, 0.25) is 0 Å². The van der Waals surface area contributed by atoms with E-state index in [9.17, 15) is 0 Å². The fourth-order valence-corrected chi connectivity index (χ4v) is 3.90. The average Bonchev–Trinajstić information content (AvgIpc) is 2.68. The van der Waals surface area contributed by atoms with Gasteiger partial charge in [0.25, 0.3) is 0 Å². The molecular formula is C23H26ClN3O2. The van der Waals surface area contributed by atoms with Crippen LogP contribution in [0.25, 0.3) is 11.3 Å². The van der Waals surface area contributed by atoms with Crippen LogP contribution in [0, 0.1) is 0 Å². The first-order valence-electron chi connectivity index (χ1n) is 9.52. The van der Waals surface area contributed by atoms with Gasteiger partial charge in [0, 0.05) is 24.1 Å². The number of aromatic nitrogens is 2. The summed E-state index contributed by atoms with van der Waals surface area (Å²) in [7, 11) is 1.68. The first kappa shape index (κ1) is 21.1. The molecular weight excluding hydrogens is 386 g/mol. The maximum absolute atomic E-state index is 9.16. The Balaban J connectivity index is 0.00000240. The second-order valence-electron chi connectivity index (χ2n) is 7.84. The molecule has 29 heavy (non-hydrogen) atoms. The van der Waals surface area contributed by atoms with E-state index >= 15 is 0 Å². The van der Waals surface area contributed by atoms with Crippen LogP contribution in [-0.2, 0) is 18.3 Å². The van der Waals surface area contributed by atoms with Crippen LogP contribution < -0.4 is 10.1 Å². The molecule has 0 saturated carbocycles. The molecule has 0 amide bonds. The highest BCUT2D eigenvalue weighted by Crippen LogP contribution is 2.43. The van der Waals surface area contributed by atoms with Crippen LogP contribution in [0.15, 0.2) is 48.7 Å². The first-order chi connectivity index (χ1) is 13.5. The van der Waals surface area contributed by atoms with Crippen LogP contribution >= 0.6 is 12.4 Å². The van der Waals surface area contributed by atoms with Crippen molar-refractivity contribution in [1.29, 1.82) is 0 Å². The topological polar surface area (TPSA) is 67.3 Å². The minimum atomic E-state index is 0. The van der Waals surface area contributed by atoms with Gasteiger partial charge in [0.15, 0.2) is 0 Å². The molecule has 0 radical (unpaired) electrons. The van der Waals surface area contributed by atoms with Crippen molar-refractivity contribution in [1.82, 2.24) is 9.97 Å². The minimum Gasteiger partial charge on any atom is -0.497 e. The van der Waals surface area contributed by atoms with Crippen molar-refractivity contribution >= 4 is 24.0 Å². The number of hydrogen-bond donors (Lipinski definition) is 2. The van der Waals surface area contributed by atoms with Gasteiger partial charge in [-0.25, -0.2) is 9.97 Å². The number of aliphatic hydroxyl groups excluding tert-OH is 1. The molecule has 5 nitrogen and oxygen atoms in total. The van der Waals surface area contributed by atoms with Crippen molar-refractivity contribution in [2.24, 2.45) is 0 Å². The van der Waals surface area contributed by atoms with E-state index in [2.05, 4.69) is 36.3 Å². The van der Waals surface area contributed by atoms with Crippen LogP contribution in [0.4, 0.5) is 11.6 Å². The number of hydrogen-bond acceptors (Lipinski definition) is 5. The number of halogens is 1. The largest absolute Gasteiger partial charge is 0.497 e. The third-order valence-electron chi connectivity index (χ3n) is 5.29. The van der Waals surface area contributed by atoms with E-state index in [1.807, 2.05) is 36.5 Å². The number of nitrogens with zero attached hydrogens (tertiary/aromatic N) is 2. The zero-order chi connectivity index (χ0) is 19.7. The molecule has 0 atom stereocenters. The third kappa shape index (κ3) is 4.21. The Hall–Kier alpha value is -2.63.